The molecular formula is C10H5Cl6NO4. The van der Waals surface area contributed by atoms with Crippen molar-refractivity contribution in [2.24, 2.45) is 0 Å². The number of fused-ring (bicyclic) bond motifs is 1. The molecule has 0 aromatic heterocycles. The highest BCUT2D eigenvalue weighted by molar-refractivity contribution is 6.68. The van der Waals surface area contributed by atoms with Crippen LogP contribution in [-0.2, 0) is 4.74 Å². The molecule has 116 valence electrons. The van der Waals surface area contributed by atoms with Crippen molar-refractivity contribution in [3.8, 4) is 5.75 Å². The summed E-state index contributed by atoms with van der Waals surface area (Å²) in [5.41, 5.74) is -0.0396. The Bertz CT molecular complexity index is 570. The predicted molar refractivity (Wildman–Crippen MR) is 81.9 cm³/mol. The first kappa shape index (κ1) is 17.5. The first-order valence-corrected chi connectivity index (χ1v) is 7.51. The van der Waals surface area contributed by atoms with Gasteiger partial charge in [0.25, 0.3) is 9.48 Å². The number of ether oxygens (including phenoxy) is 2. The van der Waals surface area contributed by atoms with E-state index in [1.807, 2.05) is 0 Å². The van der Waals surface area contributed by atoms with Gasteiger partial charge in [-0.2, -0.15) is 0 Å². The maximum atomic E-state index is 10.8. The summed E-state index contributed by atoms with van der Waals surface area (Å²) in [5, 5.41) is 10.8. The van der Waals surface area contributed by atoms with Crippen LogP contribution in [0.5, 0.6) is 5.75 Å². The van der Waals surface area contributed by atoms with Gasteiger partial charge >= 0.3 is 0 Å². The number of halogens is 6. The molecule has 0 N–H and O–H groups in total. The Balaban J connectivity index is 2.51. The van der Waals surface area contributed by atoms with Gasteiger partial charge in [-0.1, -0.05) is 69.6 Å². The molecule has 11 heteroatoms. The molecule has 2 rings (SSSR count). The predicted octanol–water partition coefficient (Wildman–Crippen LogP) is 5.11. The zero-order chi connectivity index (χ0) is 16.0. The van der Waals surface area contributed by atoms with Crippen molar-refractivity contribution in [3.63, 3.8) is 0 Å². The zero-order valence-electron chi connectivity index (χ0n) is 9.73. The van der Waals surface area contributed by atoms with Gasteiger partial charge in [-0.25, -0.2) is 0 Å². The molecule has 0 amide bonds. The number of nitro groups is 1. The van der Waals surface area contributed by atoms with Crippen molar-refractivity contribution in [1.29, 1.82) is 0 Å². The van der Waals surface area contributed by atoms with Gasteiger partial charge in [0, 0.05) is 17.7 Å². The first-order chi connectivity index (χ1) is 9.50. The number of rotatable bonds is 1. The number of benzene rings is 1. The second-order valence-corrected chi connectivity index (χ2v) is 8.77. The molecule has 0 saturated heterocycles. The molecule has 0 radical (unpaired) electrons. The van der Waals surface area contributed by atoms with E-state index in [-0.39, 0.29) is 17.0 Å². The molecule has 2 atom stereocenters. The third kappa shape index (κ3) is 3.91. The average molecular weight is 416 g/mol. The standard InChI is InChI=1S/C10H5Cl6NO4/c11-9(12,13)7-5-3-4(17(18)19)1-2-6(5)20-8(21-7)10(14,15)16/h1-3,7-8H/t7-,8-/m1/s1. The minimum atomic E-state index is -1.94. The number of non-ortho nitro benzene ring substituents is 1. The largest absolute Gasteiger partial charge is 0.460 e. The zero-order valence-corrected chi connectivity index (χ0v) is 14.3. The average Bonchev–Trinajstić information content (AvgIpc) is 2.34. The van der Waals surface area contributed by atoms with E-state index in [0.29, 0.717) is 0 Å². The fraction of sp³-hybridized carbons (Fsp3) is 0.400. The highest BCUT2D eigenvalue weighted by Crippen LogP contribution is 2.51. The van der Waals surface area contributed by atoms with Crippen LogP contribution in [-0.4, -0.2) is 18.8 Å². The van der Waals surface area contributed by atoms with E-state index >= 15 is 0 Å². The van der Waals surface area contributed by atoms with Gasteiger partial charge in [0.2, 0.25) is 10.1 Å². The number of nitrogens with zero attached hydrogens (tertiary/aromatic N) is 1. The summed E-state index contributed by atoms with van der Waals surface area (Å²) in [6, 6.07) is 3.72. The van der Waals surface area contributed by atoms with Gasteiger partial charge in [-0.3, -0.25) is 10.1 Å². The second-order valence-electron chi connectivity index (χ2n) is 4.03. The fourth-order valence-electron chi connectivity index (χ4n) is 1.70. The van der Waals surface area contributed by atoms with E-state index in [9.17, 15) is 10.1 Å². The van der Waals surface area contributed by atoms with E-state index in [2.05, 4.69) is 0 Å². The summed E-state index contributed by atoms with van der Waals surface area (Å²) in [6.45, 7) is 0. The van der Waals surface area contributed by atoms with E-state index in [4.69, 9.17) is 79.1 Å². The fourth-order valence-corrected chi connectivity index (χ4v) is 2.49. The summed E-state index contributed by atoms with van der Waals surface area (Å²) in [5.74, 6) is 0.166. The van der Waals surface area contributed by atoms with Crippen LogP contribution in [0, 0.1) is 10.1 Å². The van der Waals surface area contributed by atoms with Gasteiger partial charge in [-0.05, 0) is 6.07 Å². The Hall–Kier alpha value is 0.120. The van der Waals surface area contributed by atoms with Crippen molar-refractivity contribution in [1.82, 2.24) is 0 Å². The van der Waals surface area contributed by atoms with E-state index in [1.165, 1.54) is 18.2 Å². The Labute approximate surface area is 149 Å². The van der Waals surface area contributed by atoms with Crippen molar-refractivity contribution in [2.75, 3.05) is 0 Å². The van der Waals surface area contributed by atoms with Crippen LogP contribution in [0.15, 0.2) is 18.2 Å². The monoisotopic (exact) mass is 413 g/mol. The molecule has 1 aliphatic rings. The molecule has 1 aliphatic heterocycles. The maximum absolute atomic E-state index is 10.8. The van der Waals surface area contributed by atoms with Crippen LogP contribution >= 0.6 is 69.6 Å². The lowest BCUT2D eigenvalue weighted by Gasteiger charge is -2.37. The van der Waals surface area contributed by atoms with Crippen LogP contribution in [0.1, 0.15) is 11.7 Å². The highest BCUT2D eigenvalue weighted by atomic mass is 35.6. The van der Waals surface area contributed by atoms with Crippen LogP contribution < -0.4 is 4.74 Å². The lowest BCUT2D eigenvalue weighted by Crippen LogP contribution is -2.42. The summed E-state index contributed by atoms with van der Waals surface area (Å²) in [7, 11) is 0. The van der Waals surface area contributed by atoms with Gasteiger partial charge in [0.1, 0.15) is 11.9 Å². The summed E-state index contributed by atoms with van der Waals surface area (Å²) >= 11 is 34.7. The Morgan fingerprint density at radius 2 is 1.71 bits per heavy atom. The number of nitro benzene ring substituents is 1. The van der Waals surface area contributed by atoms with E-state index in [0.717, 1.165) is 0 Å². The van der Waals surface area contributed by atoms with Crippen molar-refractivity contribution >= 4 is 75.3 Å². The molecule has 0 fully saturated rings. The highest BCUT2D eigenvalue weighted by Gasteiger charge is 2.48. The Morgan fingerprint density at radius 3 is 2.19 bits per heavy atom. The molecule has 0 saturated carbocycles. The van der Waals surface area contributed by atoms with Gasteiger partial charge in [0.15, 0.2) is 0 Å². The smallest absolute Gasteiger partial charge is 0.270 e. The number of hydrogen-bond donors (Lipinski definition) is 0. The van der Waals surface area contributed by atoms with Crippen molar-refractivity contribution in [2.45, 2.75) is 20.0 Å². The summed E-state index contributed by atoms with van der Waals surface area (Å²) < 4.78 is 6.80. The second kappa shape index (κ2) is 5.96. The molecule has 0 aliphatic carbocycles. The molecule has 1 heterocycles. The van der Waals surface area contributed by atoms with Crippen molar-refractivity contribution in [3.05, 3.63) is 33.9 Å². The Morgan fingerprint density at radius 1 is 1.10 bits per heavy atom. The van der Waals surface area contributed by atoms with Crippen LogP contribution in [0.4, 0.5) is 5.69 Å². The summed E-state index contributed by atoms with van der Waals surface area (Å²) in [6.07, 6.45) is -2.54. The molecule has 0 bridgehead atoms. The molecule has 21 heavy (non-hydrogen) atoms. The van der Waals surface area contributed by atoms with E-state index in [1.54, 1.807) is 0 Å². The lowest BCUT2D eigenvalue weighted by molar-refractivity contribution is -0.385. The van der Waals surface area contributed by atoms with E-state index < -0.39 is 24.9 Å². The molecular weight excluding hydrogens is 411 g/mol. The number of alkyl halides is 6. The topological polar surface area (TPSA) is 61.6 Å². The number of hydrogen-bond acceptors (Lipinski definition) is 4. The van der Waals surface area contributed by atoms with Crippen molar-refractivity contribution < 1.29 is 14.4 Å². The SMILES string of the molecule is O=[N+]([O-])c1ccc2c(c1)[C@H](C(Cl)(Cl)Cl)O[C@H](C(Cl)(Cl)Cl)O2. The molecule has 1 aromatic carbocycles. The molecule has 0 spiro atoms. The molecule has 1 aromatic rings. The van der Waals surface area contributed by atoms with Gasteiger partial charge < -0.3 is 9.47 Å². The minimum absolute atomic E-state index is 0.166. The quantitative estimate of drug-likeness (QED) is 0.363. The van der Waals surface area contributed by atoms with Crippen LogP contribution in [0.3, 0.4) is 0 Å². The third-order valence-corrected chi connectivity index (χ3v) is 3.67. The van der Waals surface area contributed by atoms with Gasteiger partial charge in [-0.15, -0.1) is 0 Å². The third-order valence-electron chi connectivity index (χ3n) is 2.54. The normalized spacial score (nSPS) is 22.4. The molecule has 5 nitrogen and oxygen atoms in total. The van der Waals surface area contributed by atoms with Gasteiger partial charge in [0.05, 0.1) is 4.92 Å². The Kier molecular flexibility index (Phi) is 4.96. The van der Waals surface area contributed by atoms with Crippen LogP contribution in [0.2, 0.25) is 0 Å². The first-order valence-electron chi connectivity index (χ1n) is 5.24. The summed E-state index contributed by atoms with van der Waals surface area (Å²) in [4.78, 5) is 10.2. The lowest BCUT2D eigenvalue weighted by atomic mass is 10.1. The van der Waals surface area contributed by atoms with Crippen LogP contribution in [0.25, 0.3) is 0 Å². The molecule has 0 unspecified atom stereocenters. The maximum Gasteiger partial charge on any atom is 0.270 e. The minimum Gasteiger partial charge on any atom is -0.460 e.